The molecule has 0 spiro atoms. The van der Waals surface area contributed by atoms with Crippen LogP contribution in [0.2, 0.25) is 5.02 Å². The third-order valence-electron chi connectivity index (χ3n) is 6.32. The number of rotatable bonds is 5. The van der Waals surface area contributed by atoms with Crippen molar-refractivity contribution in [1.29, 1.82) is 0 Å². The largest absolute Gasteiger partial charge is 0.466 e. The molecule has 11 heteroatoms. The van der Waals surface area contributed by atoms with Crippen molar-refractivity contribution < 1.29 is 22.7 Å². The zero-order chi connectivity index (χ0) is 23.3. The molecule has 2 bridgehead atoms. The summed E-state index contributed by atoms with van der Waals surface area (Å²) in [7, 11) is 1.24. The van der Waals surface area contributed by atoms with Gasteiger partial charge in [-0.2, -0.15) is 0 Å². The van der Waals surface area contributed by atoms with Crippen LogP contribution < -0.4 is 5.32 Å². The molecule has 1 aromatic carbocycles. The van der Waals surface area contributed by atoms with Gasteiger partial charge in [-0.3, -0.25) is 9.89 Å². The van der Waals surface area contributed by atoms with E-state index >= 15 is 0 Å². The van der Waals surface area contributed by atoms with Crippen molar-refractivity contribution >= 4 is 34.7 Å². The number of amidine groups is 1. The van der Waals surface area contributed by atoms with E-state index in [9.17, 15) is 18.0 Å². The first kappa shape index (κ1) is 22.4. The highest BCUT2D eigenvalue weighted by molar-refractivity contribution is 7.11. The van der Waals surface area contributed by atoms with Crippen LogP contribution in [0.3, 0.4) is 0 Å². The lowest BCUT2D eigenvalue weighted by molar-refractivity contribution is -0.136. The van der Waals surface area contributed by atoms with E-state index in [2.05, 4.69) is 15.3 Å². The number of thiazole rings is 1. The number of nitrogens with one attached hydrogen (secondary N) is 1. The van der Waals surface area contributed by atoms with E-state index in [-0.39, 0.29) is 29.5 Å². The zero-order valence-electron chi connectivity index (χ0n) is 17.5. The number of aromatic nitrogens is 1. The summed E-state index contributed by atoms with van der Waals surface area (Å²) in [5.41, 5.74) is 0.952. The predicted octanol–water partition coefficient (Wildman–Crippen LogP) is 4.18. The van der Waals surface area contributed by atoms with Crippen LogP contribution in [0.15, 0.2) is 46.0 Å². The predicted molar refractivity (Wildman–Crippen MR) is 118 cm³/mol. The number of nitrogens with zero attached hydrogens (tertiary/aromatic N) is 3. The van der Waals surface area contributed by atoms with Gasteiger partial charge < -0.3 is 10.1 Å². The van der Waals surface area contributed by atoms with Crippen molar-refractivity contribution in [1.82, 2.24) is 15.2 Å². The molecule has 174 valence electrons. The highest BCUT2D eigenvalue weighted by atomic mass is 35.5. The molecule has 33 heavy (non-hydrogen) atoms. The summed E-state index contributed by atoms with van der Waals surface area (Å²) in [6, 6.07) is 2.04. The van der Waals surface area contributed by atoms with Gasteiger partial charge in [0.1, 0.15) is 11.9 Å². The Morgan fingerprint density at radius 2 is 2.24 bits per heavy atom. The Balaban J connectivity index is 1.60. The number of aliphatic imine (C=N–C) groups is 1. The molecular formula is C22H20ClF3N4O2S. The Labute approximate surface area is 197 Å². The SMILES string of the molecule is COC(=O)C1=C(CN2CC3CC2C(F)(F)C3)NC(c2nccs2)=NC1c1ccc(F)cc1Cl. The monoisotopic (exact) mass is 496 g/mol. The molecule has 1 aliphatic carbocycles. The maximum absolute atomic E-state index is 14.4. The molecule has 2 aliphatic heterocycles. The van der Waals surface area contributed by atoms with E-state index in [4.69, 9.17) is 16.3 Å². The average Bonchev–Trinajstić information content (AvgIpc) is 3.48. The smallest absolute Gasteiger partial charge is 0.338 e. The molecule has 1 aromatic heterocycles. The van der Waals surface area contributed by atoms with Crippen LogP contribution in [0.1, 0.15) is 29.5 Å². The van der Waals surface area contributed by atoms with Gasteiger partial charge in [-0.05, 0) is 24.5 Å². The molecular weight excluding hydrogens is 477 g/mol. The molecule has 3 atom stereocenters. The van der Waals surface area contributed by atoms with Crippen LogP contribution in [0, 0.1) is 11.7 Å². The van der Waals surface area contributed by atoms with Gasteiger partial charge in [-0.25, -0.2) is 22.9 Å². The first-order valence-electron chi connectivity index (χ1n) is 10.4. The number of hydrogen-bond acceptors (Lipinski definition) is 7. The topological polar surface area (TPSA) is 66.8 Å². The summed E-state index contributed by atoms with van der Waals surface area (Å²) >= 11 is 7.66. The van der Waals surface area contributed by atoms with Crippen molar-refractivity contribution in [2.24, 2.45) is 10.9 Å². The fourth-order valence-electron chi connectivity index (χ4n) is 4.95. The van der Waals surface area contributed by atoms with Crippen LogP contribution in [-0.4, -0.2) is 53.9 Å². The molecule has 3 unspecified atom stereocenters. The van der Waals surface area contributed by atoms with Gasteiger partial charge in [0.2, 0.25) is 0 Å². The summed E-state index contributed by atoms with van der Waals surface area (Å²) in [5.74, 6) is -3.66. The molecule has 1 saturated heterocycles. The normalized spacial score (nSPS) is 26.3. The lowest BCUT2D eigenvalue weighted by Crippen LogP contribution is -2.48. The van der Waals surface area contributed by atoms with Crippen LogP contribution in [0.4, 0.5) is 13.2 Å². The number of alkyl halides is 2. The van der Waals surface area contributed by atoms with Gasteiger partial charge in [-0.15, -0.1) is 11.3 Å². The molecule has 0 radical (unpaired) electrons. The zero-order valence-corrected chi connectivity index (χ0v) is 19.1. The maximum Gasteiger partial charge on any atom is 0.338 e. The number of halogens is 4. The van der Waals surface area contributed by atoms with Crippen molar-refractivity contribution in [3.8, 4) is 0 Å². The number of piperidine rings is 1. The highest BCUT2D eigenvalue weighted by Crippen LogP contribution is 2.48. The molecule has 1 saturated carbocycles. The van der Waals surface area contributed by atoms with Crippen molar-refractivity contribution in [3.63, 3.8) is 0 Å². The van der Waals surface area contributed by atoms with Gasteiger partial charge in [0, 0.05) is 47.4 Å². The number of hydrogen-bond donors (Lipinski definition) is 1. The minimum absolute atomic E-state index is 0.0785. The fourth-order valence-corrected chi connectivity index (χ4v) is 5.81. The van der Waals surface area contributed by atoms with E-state index in [0.29, 0.717) is 35.1 Å². The Kier molecular flexibility index (Phi) is 5.70. The molecule has 2 aromatic rings. The standard InChI is InChI=1S/C22H20ClF3N4O2S/c1-32-21(31)17-15(10-30-9-11-6-16(30)22(25,26)8-11)28-19(20-27-4-5-33-20)29-18(17)13-3-2-12(24)7-14(13)23/h2-5,7,11,16,18H,6,8-10H2,1H3,(H,28,29). The summed E-state index contributed by atoms with van der Waals surface area (Å²) in [4.78, 5) is 23.5. The summed E-state index contributed by atoms with van der Waals surface area (Å²) < 4.78 is 47.6. The Morgan fingerprint density at radius 1 is 1.42 bits per heavy atom. The molecule has 2 fully saturated rings. The average molecular weight is 497 g/mol. The van der Waals surface area contributed by atoms with Crippen molar-refractivity contribution in [2.75, 3.05) is 20.2 Å². The summed E-state index contributed by atoms with van der Waals surface area (Å²) in [6.07, 6.45) is 1.93. The van der Waals surface area contributed by atoms with Gasteiger partial charge in [0.05, 0.1) is 18.7 Å². The maximum atomic E-state index is 14.4. The number of fused-ring (bicyclic) bond motifs is 2. The Hall–Kier alpha value is -2.43. The van der Waals surface area contributed by atoms with Gasteiger partial charge >= 0.3 is 5.97 Å². The van der Waals surface area contributed by atoms with Crippen LogP contribution in [0.5, 0.6) is 0 Å². The minimum Gasteiger partial charge on any atom is -0.466 e. The molecule has 3 heterocycles. The highest BCUT2D eigenvalue weighted by Gasteiger charge is 2.56. The summed E-state index contributed by atoms with van der Waals surface area (Å²) in [6.45, 7) is 0.604. The Morgan fingerprint density at radius 3 is 2.88 bits per heavy atom. The third-order valence-corrected chi connectivity index (χ3v) is 7.43. The van der Waals surface area contributed by atoms with E-state index in [1.165, 1.54) is 30.6 Å². The molecule has 0 amide bonds. The second-order valence-corrected chi connectivity index (χ2v) is 9.71. The van der Waals surface area contributed by atoms with E-state index in [1.807, 2.05) is 0 Å². The number of methoxy groups -OCH3 is 1. The van der Waals surface area contributed by atoms with Gasteiger partial charge in [0.15, 0.2) is 10.8 Å². The second kappa shape index (κ2) is 8.41. The Bertz CT molecular complexity index is 1150. The van der Waals surface area contributed by atoms with Crippen LogP contribution >= 0.6 is 22.9 Å². The first-order chi connectivity index (χ1) is 15.8. The van der Waals surface area contributed by atoms with Crippen molar-refractivity contribution in [2.45, 2.75) is 30.8 Å². The first-order valence-corrected chi connectivity index (χ1v) is 11.7. The van der Waals surface area contributed by atoms with Crippen LogP contribution in [0.25, 0.3) is 0 Å². The molecule has 3 aliphatic rings. The number of ether oxygens (including phenoxy) is 1. The lowest BCUT2D eigenvalue weighted by atomic mass is 9.94. The number of carbonyl (C=O) groups excluding carboxylic acids is 1. The minimum atomic E-state index is -2.77. The van der Waals surface area contributed by atoms with Gasteiger partial charge in [-0.1, -0.05) is 17.7 Å². The number of esters is 1. The summed E-state index contributed by atoms with van der Waals surface area (Å²) in [5, 5.41) is 5.57. The number of likely N-dealkylation sites (tertiary alicyclic amines) is 1. The van der Waals surface area contributed by atoms with E-state index in [0.717, 1.165) is 6.07 Å². The van der Waals surface area contributed by atoms with E-state index in [1.54, 1.807) is 16.5 Å². The third kappa shape index (κ3) is 4.04. The quantitative estimate of drug-likeness (QED) is 0.629. The molecule has 1 N–H and O–H groups in total. The molecule has 5 rings (SSSR count). The fraction of sp³-hybridized carbons (Fsp3) is 0.409. The van der Waals surface area contributed by atoms with Gasteiger partial charge in [0.25, 0.3) is 5.92 Å². The van der Waals surface area contributed by atoms with Crippen molar-refractivity contribution in [3.05, 3.63) is 62.5 Å². The molecule has 6 nitrogen and oxygen atoms in total. The second-order valence-electron chi connectivity index (χ2n) is 8.40. The van der Waals surface area contributed by atoms with E-state index < -0.39 is 29.8 Å². The number of benzene rings is 1. The van der Waals surface area contributed by atoms with Crippen LogP contribution in [-0.2, 0) is 9.53 Å². The number of carbonyl (C=O) groups is 1. The lowest BCUT2D eigenvalue weighted by Gasteiger charge is -2.35.